The first-order chi connectivity index (χ1) is 27.7. The van der Waals surface area contributed by atoms with Crippen molar-refractivity contribution in [3.05, 3.63) is 130 Å². The molecule has 2 heterocycles. The number of nitrogens with one attached hydrogen (secondary N) is 3. The Balaban J connectivity index is 0.902. The van der Waals surface area contributed by atoms with Crippen LogP contribution in [-0.4, -0.2) is 83.0 Å². The second kappa shape index (κ2) is 17.4. The topological polar surface area (TPSA) is 200 Å². The number of carboxylic acids is 1. The van der Waals surface area contributed by atoms with Gasteiger partial charge in [0.05, 0.1) is 12.7 Å². The zero-order chi connectivity index (χ0) is 39.7. The van der Waals surface area contributed by atoms with Gasteiger partial charge in [0.1, 0.15) is 44.3 Å². The van der Waals surface area contributed by atoms with Crippen LogP contribution in [0.1, 0.15) is 22.6 Å². The van der Waals surface area contributed by atoms with Gasteiger partial charge in [0.2, 0.25) is 5.91 Å². The smallest absolute Gasteiger partial charge is 0.407 e. The van der Waals surface area contributed by atoms with E-state index in [1.54, 1.807) is 18.2 Å². The molecule has 0 saturated carbocycles. The summed E-state index contributed by atoms with van der Waals surface area (Å²) in [5, 5.41) is 17.7. The lowest BCUT2D eigenvalue weighted by molar-refractivity contribution is -0.144. The molecule has 5 aromatic rings. The second-order valence-corrected chi connectivity index (χ2v) is 13.0. The predicted octanol–water partition coefficient (Wildman–Crippen LogP) is 4.85. The minimum Gasteiger partial charge on any atom is -0.489 e. The number of hydrogen-bond donors (Lipinski definition) is 4. The Kier molecular flexibility index (Phi) is 11.6. The molecule has 7 rings (SSSR count). The monoisotopic (exact) mass is 774 g/mol. The van der Waals surface area contributed by atoms with E-state index in [1.807, 2.05) is 78.9 Å². The van der Waals surface area contributed by atoms with Crippen LogP contribution in [0.5, 0.6) is 17.2 Å². The maximum Gasteiger partial charge on any atom is 0.407 e. The number of amides is 3. The Morgan fingerprint density at radius 2 is 1.51 bits per heavy atom. The van der Waals surface area contributed by atoms with Crippen molar-refractivity contribution in [3.8, 4) is 28.4 Å². The van der Waals surface area contributed by atoms with Crippen molar-refractivity contribution in [1.29, 1.82) is 0 Å². The number of nitrogens with zero attached hydrogens (tertiary/aromatic N) is 3. The van der Waals surface area contributed by atoms with Gasteiger partial charge in [0.25, 0.3) is 0 Å². The number of hydrogen-bond acceptors (Lipinski definition) is 11. The fourth-order valence-electron chi connectivity index (χ4n) is 6.56. The van der Waals surface area contributed by atoms with Crippen LogP contribution in [0.2, 0.25) is 0 Å². The van der Waals surface area contributed by atoms with Crippen molar-refractivity contribution in [1.82, 2.24) is 25.1 Å². The van der Waals surface area contributed by atoms with Crippen LogP contribution in [0.3, 0.4) is 0 Å². The molecular formula is C41H38N6O10. The van der Waals surface area contributed by atoms with E-state index in [-0.39, 0.29) is 56.9 Å². The number of anilines is 2. The highest BCUT2D eigenvalue weighted by Crippen LogP contribution is 2.46. The molecule has 292 valence electrons. The Morgan fingerprint density at radius 3 is 2.25 bits per heavy atom. The number of carbonyl (C=O) groups excluding carboxylic acids is 3. The molecule has 0 unspecified atom stereocenters. The molecule has 57 heavy (non-hydrogen) atoms. The minimum atomic E-state index is -1.28. The van der Waals surface area contributed by atoms with Gasteiger partial charge in [-0.1, -0.05) is 84.9 Å². The first-order valence-corrected chi connectivity index (χ1v) is 18.1. The van der Waals surface area contributed by atoms with Crippen molar-refractivity contribution in [2.75, 3.05) is 44.7 Å². The molecule has 2 aliphatic rings. The summed E-state index contributed by atoms with van der Waals surface area (Å²) in [6.45, 7) is -1.02. The molecule has 0 bridgehead atoms. The number of carbonyl (C=O) groups is 4. The second-order valence-electron chi connectivity index (χ2n) is 13.0. The molecule has 0 atom stereocenters. The third-order valence-electron chi connectivity index (χ3n) is 9.23. The van der Waals surface area contributed by atoms with Crippen LogP contribution < -0.4 is 31.1 Å². The van der Waals surface area contributed by atoms with E-state index in [9.17, 15) is 29.1 Å². The number of rotatable bonds is 15. The zero-order valence-corrected chi connectivity index (χ0v) is 30.5. The van der Waals surface area contributed by atoms with Crippen LogP contribution in [0.4, 0.5) is 21.1 Å². The van der Waals surface area contributed by atoms with Gasteiger partial charge in [-0.15, -0.1) is 0 Å². The fourth-order valence-corrected chi connectivity index (χ4v) is 6.56. The Hall–Kier alpha value is -7.36. The molecule has 0 saturated heterocycles. The predicted molar refractivity (Wildman–Crippen MR) is 206 cm³/mol. The van der Waals surface area contributed by atoms with Gasteiger partial charge < -0.3 is 44.9 Å². The summed E-state index contributed by atoms with van der Waals surface area (Å²) in [7, 11) is 0. The van der Waals surface area contributed by atoms with E-state index in [1.165, 1.54) is 6.20 Å². The lowest BCUT2D eigenvalue weighted by atomic mass is 9.98. The molecule has 16 nitrogen and oxygen atoms in total. The number of para-hydroxylation sites is 1. The number of aliphatic carboxylic acids is 1. The van der Waals surface area contributed by atoms with Gasteiger partial charge in [-0.25, -0.2) is 14.4 Å². The first kappa shape index (κ1) is 37.9. The summed E-state index contributed by atoms with van der Waals surface area (Å²) in [5.41, 5.74) is 4.75. The highest BCUT2D eigenvalue weighted by Gasteiger charge is 2.29. The molecule has 4 aromatic carbocycles. The third kappa shape index (κ3) is 9.13. The van der Waals surface area contributed by atoms with Gasteiger partial charge in [-0.05, 0) is 39.9 Å². The van der Waals surface area contributed by atoms with E-state index in [0.29, 0.717) is 17.2 Å². The largest absolute Gasteiger partial charge is 0.489 e. The van der Waals surface area contributed by atoms with E-state index in [4.69, 9.17) is 18.9 Å². The van der Waals surface area contributed by atoms with Gasteiger partial charge in [-0.2, -0.15) is 4.98 Å². The summed E-state index contributed by atoms with van der Waals surface area (Å²) < 4.78 is 23.6. The Labute approximate surface area is 326 Å². The summed E-state index contributed by atoms with van der Waals surface area (Å²) in [6.07, 6.45) is -0.0162. The van der Waals surface area contributed by atoms with E-state index >= 15 is 0 Å². The Bertz CT molecular complexity index is 2310. The van der Waals surface area contributed by atoms with Gasteiger partial charge in [-0.3, -0.25) is 14.2 Å². The van der Waals surface area contributed by atoms with E-state index < -0.39 is 42.8 Å². The lowest BCUT2D eigenvalue weighted by Crippen LogP contribution is -2.44. The summed E-state index contributed by atoms with van der Waals surface area (Å²) in [5.74, 6) is -1.19. The Morgan fingerprint density at radius 1 is 0.825 bits per heavy atom. The molecule has 1 aliphatic heterocycles. The zero-order valence-electron chi connectivity index (χ0n) is 30.5. The highest BCUT2D eigenvalue weighted by atomic mass is 16.6. The quantitative estimate of drug-likeness (QED) is 0.104. The van der Waals surface area contributed by atoms with Gasteiger partial charge in [0.15, 0.2) is 17.3 Å². The number of ether oxygens (including phenoxy) is 4. The van der Waals surface area contributed by atoms with Crippen LogP contribution in [0.25, 0.3) is 11.1 Å². The van der Waals surface area contributed by atoms with Crippen LogP contribution in [0.15, 0.2) is 108 Å². The first-order valence-electron chi connectivity index (χ1n) is 18.1. The SMILES string of the molecule is O=C(O)CN(CCNC(=O)OCC1c2ccccc2-c2ccccc21)C(=O)Cn1cc2c(nc1=O)Nc1c(OCCNC(=O)OCc3ccccc3)cccc1O2. The number of carboxylic acid groups (broad SMARTS) is 1. The van der Waals surface area contributed by atoms with E-state index in [0.717, 1.165) is 37.3 Å². The summed E-state index contributed by atoms with van der Waals surface area (Å²) in [4.78, 5) is 67.8. The van der Waals surface area contributed by atoms with Crippen LogP contribution >= 0.6 is 0 Å². The maximum absolute atomic E-state index is 13.3. The average Bonchev–Trinajstić information content (AvgIpc) is 3.53. The number of aromatic nitrogens is 2. The lowest BCUT2D eigenvalue weighted by Gasteiger charge is -2.24. The molecule has 0 radical (unpaired) electrons. The fraction of sp³-hybridized carbons (Fsp3) is 0.220. The van der Waals surface area contributed by atoms with Crippen LogP contribution in [0, 0.1) is 0 Å². The molecular weight excluding hydrogens is 736 g/mol. The van der Waals surface area contributed by atoms with Crippen LogP contribution in [-0.2, 0) is 32.2 Å². The molecule has 4 N–H and O–H groups in total. The number of alkyl carbamates (subject to hydrolysis) is 2. The maximum atomic E-state index is 13.3. The molecule has 16 heteroatoms. The number of benzene rings is 4. The molecule has 3 amide bonds. The average molecular weight is 775 g/mol. The minimum absolute atomic E-state index is 0.0737. The summed E-state index contributed by atoms with van der Waals surface area (Å²) >= 11 is 0. The van der Waals surface area contributed by atoms with Crippen molar-refractivity contribution >= 4 is 35.6 Å². The normalized spacial score (nSPS) is 12.0. The summed E-state index contributed by atoms with van der Waals surface area (Å²) in [6, 6.07) is 30.2. The van der Waals surface area contributed by atoms with Gasteiger partial charge in [0, 0.05) is 19.0 Å². The van der Waals surface area contributed by atoms with Crippen molar-refractivity contribution < 1.29 is 43.2 Å². The molecule has 0 fully saturated rings. The van der Waals surface area contributed by atoms with Crippen molar-refractivity contribution in [3.63, 3.8) is 0 Å². The molecule has 1 aliphatic carbocycles. The standard InChI is InChI=1S/C41H38N6O10/c48-35(46(23-36(49)50)19-17-42-40(52)56-25-31-29-13-6-4-11-27(29)28-12-5-7-14-30(28)31)22-47-21-34-38(45-39(47)51)44-37-32(15-8-16-33(37)57-34)54-20-18-43-41(53)55-24-26-9-2-1-3-10-26/h1-16,21,31H,17-20,22-25H2,(H,42,52)(H,43,53)(H,49,50)(H,44,45,51). The van der Waals surface area contributed by atoms with Crippen molar-refractivity contribution in [2.24, 2.45) is 0 Å². The molecule has 1 aromatic heterocycles. The highest BCUT2D eigenvalue weighted by molar-refractivity contribution is 5.82. The molecule has 0 spiro atoms. The third-order valence-corrected chi connectivity index (χ3v) is 9.23. The van der Waals surface area contributed by atoms with Crippen molar-refractivity contribution in [2.45, 2.75) is 19.1 Å². The number of fused-ring (bicyclic) bond motifs is 5. The van der Waals surface area contributed by atoms with Gasteiger partial charge >= 0.3 is 23.8 Å². The van der Waals surface area contributed by atoms with E-state index in [2.05, 4.69) is 20.9 Å².